The summed E-state index contributed by atoms with van der Waals surface area (Å²) in [5, 5.41) is 0. The largest absolute Gasteiger partial charge is 0.513 e. The summed E-state index contributed by atoms with van der Waals surface area (Å²) < 4.78 is 23.0. The Morgan fingerprint density at radius 2 is 1.49 bits per heavy atom. The lowest BCUT2D eigenvalue weighted by Crippen LogP contribution is -2.32. The van der Waals surface area contributed by atoms with Crippen LogP contribution in [0.15, 0.2) is 84.1 Å². The molecule has 1 unspecified atom stereocenters. The first-order valence-corrected chi connectivity index (χ1v) is 15.3. The maximum absolute atomic E-state index is 13.8. The number of allylic oxidation sites excluding steroid dienone is 1. The van der Waals surface area contributed by atoms with Crippen LogP contribution in [0.25, 0.3) is 11.1 Å². The second-order valence-corrected chi connectivity index (χ2v) is 11.1. The van der Waals surface area contributed by atoms with Crippen LogP contribution >= 0.6 is 0 Å². The van der Waals surface area contributed by atoms with Crippen LogP contribution in [0.5, 0.6) is 5.75 Å². The third-order valence-corrected chi connectivity index (χ3v) is 8.36. The maximum Gasteiger partial charge on any atom is 0.513 e. The van der Waals surface area contributed by atoms with Crippen molar-refractivity contribution >= 4 is 12.1 Å². The highest BCUT2D eigenvalue weighted by atomic mass is 16.7. The Morgan fingerprint density at radius 3 is 2.14 bits per heavy atom. The van der Waals surface area contributed by atoms with Crippen LogP contribution in [0.1, 0.15) is 74.6 Å². The first-order valence-electron chi connectivity index (χ1n) is 15.3. The lowest BCUT2D eigenvalue weighted by molar-refractivity contribution is -0.140. The molecule has 1 atom stereocenters. The van der Waals surface area contributed by atoms with Crippen LogP contribution < -0.4 is 4.74 Å². The van der Waals surface area contributed by atoms with Crippen LogP contribution in [0.2, 0.25) is 0 Å². The van der Waals surface area contributed by atoms with E-state index in [1.54, 1.807) is 14.0 Å². The number of benzene rings is 3. The number of methoxy groups -OCH3 is 1. The summed E-state index contributed by atoms with van der Waals surface area (Å²) in [4.78, 5) is 29.2. The van der Waals surface area contributed by atoms with Crippen molar-refractivity contribution in [3.8, 4) is 16.9 Å². The highest BCUT2D eigenvalue weighted by Gasteiger charge is 2.36. The van der Waals surface area contributed by atoms with Crippen molar-refractivity contribution in [1.82, 2.24) is 4.90 Å². The molecule has 0 amide bonds. The van der Waals surface area contributed by atoms with Crippen molar-refractivity contribution in [3.63, 3.8) is 0 Å². The van der Waals surface area contributed by atoms with E-state index in [0.717, 1.165) is 73.0 Å². The highest BCUT2D eigenvalue weighted by molar-refractivity contribution is 5.91. The summed E-state index contributed by atoms with van der Waals surface area (Å²) in [5.41, 5.74) is 5.64. The molecule has 1 aliphatic heterocycles. The van der Waals surface area contributed by atoms with Crippen molar-refractivity contribution < 1.29 is 28.5 Å². The molecule has 43 heavy (non-hydrogen) atoms. The number of fused-ring (bicyclic) bond motifs is 3. The zero-order valence-electron chi connectivity index (χ0n) is 25.3. The molecular formula is C36H41NO6. The first kappa shape index (κ1) is 30.4. The molecule has 0 spiro atoms. The quantitative estimate of drug-likeness (QED) is 0.0932. The number of hydrogen-bond acceptors (Lipinski definition) is 7. The SMILES string of the molecule is CCCCCOC(=O)C(=C(C)OC(=O)OCC1c2ccccc2-c2ccccc21)C(c1ccccc1OC)N1CCCC1. The van der Waals surface area contributed by atoms with E-state index < -0.39 is 18.2 Å². The fourth-order valence-corrected chi connectivity index (χ4v) is 6.27. The van der Waals surface area contributed by atoms with Gasteiger partial charge in [0.1, 0.15) is 18.1 Å². The third-order valence-electron chi connectivity index (χ3n) is 8.36. The summed E-state index contributed by atoms with van der Waals surface area (Å²) in [6, 6.07) is 23.5. The van der Waals surface area contributed by atoms with Crippen molar-refractivity contribution in [2.24, 2.45) is 0 Å². The minimum atomic E-state index is -0.851. The molecule has 3 aromatic carbocycles. The summed E-state index contributed by atoms with van der Waals surface area (Å²) >= 11 is 0. The van der Waals surface area contributed by atoms with Gasteiger partial charge in [-0.15, -0.1) is 0 Å². The van der Waals surface area contributed by atoms with E-state index in [1.807, 2.05) is 48.5 Å². The number of ether oxygens (including phenoxy) is 4. The van der Waals surface area contributed by atoms with Gasteiger partial charge in [-0.05, 0) is 67.6 Å². The van der Waals surface area contributed by atoms with E-state index >= 15 is 0 Å². The van der Waals surface area contributed by atoms with Gasteiger partial charge < -0.3 is 18.9 Å². The molecule has 1 fully saturated rings. The van der Waals surface area contributed by atoms with E-state index in [1.165, 1.54) is 0 Å². The van der Waals surface area contributed by atoms with E-state index in [0.29, 0.717) is 12.4 Å². The summed E-state index contributed by atoms with van der Waals surface area (Å²) in [6.45, 7) is 5.76. The Kier molecular flexibility index (Phi) is 10.2. The van der Waals surface area contributed by atoms with Crippen molar-refractivity contribution in [2.45, 2.75) is 57.9 Å². The summed E-state index contributed by atoms with van der Waals surface area (Å²) in [5.74, 6) is 0.228. The average Bonchev–Trinajstić information content (AvgIpc) is 3.67. The average molecular weight is 584 g/mol. The molecule has 0 N–H and O–H groups in total. The zero-order chi connectivity index (χ0) is 30.2. The lowest BCUT2D eigenvalue weighted by Gasteiger charge is -2.31. The molecule has 0 saturated carbocycles. The molecule has 3 aromatic rings. The van der Waals surface area contributed by atoms with Crippen molar-refractivity contribution in [3.05, 3.63) is 101 Å². The number of unbranched alkanes of at least 4 members (excludes halogenated alkanes) is 2. The molecule has 226 valence electrons. The second kappa shape index (κ2) is 14.4. The molecule has 1 saturated heterocycles. The molecule has 5 rings (SSSR count). The van der Waals surface area contributed by atoms with Gasteiger partial charge in [-0.1, -0.05) is 86.5 Å². The van der Waals surface area contributed by atoms with Crippen LogP contribution in [0.3, 0.4) is 0 Å². The molecule has 7 heteroatoms. The molecule has 0 bridgehead atoms. The number of carbonyl (C=O) groups is 2. The molecular weight excluding hydrogens is 542 g/mol. The van der Waals surface area contributed by atoms with Crippen molar-refractivity contribution in [2.75, 3.05) is 33.4 Å². The summed E-state index contributed by atoms with van der Waals surface area (Å²) in [7, 11) is 1.62. The van der Waals surface area contributed by atoms with Gasteiger partial charge in [0.2, 0.25) is 0 Å². The van der Waals surface area contributed by atoms with Gasteiger partial charge >= 0.3 is 12.1 Å². The minimum absolute atomic E-state index is 0.0989. The number of nitrogens with zero attached hydrogens (tertiary/aromatic N) is 1. The minimum Gasteiger partial charge on any atom is -0.496 e. The number of para-hydroxylation sites is 1. The Morgan fingerprint density at radius 1 is 0.860 bits per heavy atom. The highest BCUT2D eigenvalue weighted by Crippen LogP contribution is 2.44. The molecule has 7 nitrogen and oxygen atoms in total. The standard InChI is InChI=1S/C36H41NO6/c1-4-5-14-23-41-35(38)33(34(37-21-12-13-22-37)30-19-10-11-20-32(30)40-3)25(2)43-36(39)42-24-31-28-17-8-6-15-26(28)27-16-7-9-18-29(27)31/h6-11,15-20,31,34H,4-5,12-14,21-24H2,1-3H3. The predicted molar refractivity (Wildman–Crippen MR) is 166 cm³/mol. The topological polar surface area (TPSA) is 74.3 Å². The van der Waals surface area contributed by atoms with Gasteiger partial charge in [-0.25, -0.2) is 9.59 Å². The van der Waals surface area contributed by atoms with Gasteiger partial charge in [-0.2, -0.15) is 0 Å². The van der Waals surface area contributed by atoms with Crippen LogP contribution in [-0.4, -0.2) is 50.4 Å². The molecule has 2 aliphatic rings. The van der Waals surface area contributed by atoms with Crippen LogP contribution in [0, 0.1) is 0 Å². The third kappa shape index (κ3) is 6.78. The number of esters is 1. The van der Waals surface area contributed by atoms with Gasteiger partial charge in [0.05, 0.1) is 25.3 Å². The number of carbonyl (C=O) groups excluding carboxylic acids is 2. The molecule has 0 aromatic heterocycles. The van der Waals surface area contributed by atoms with Gasteiger partial charge in [0, 0.05) is 11.5 Å². The van der Waals surface area contributed by atoms with Gasteiger partial charge in [0.15, 0.2) is 0 Å². The van der Waals surface area contributed by atoms with E-state index in [-0.39, 0.29) is 23.9 Å². The normalized spacial score (nSPS) is 15.7. The second-order valence-electron chi connectivity index (χ2n) is 11.1. The van der Waals surface area contributed by atoms with Gasteiger partial charge in [0.25, 0.3) is 0 Å². The molecule has 0 radical (unpaired) electrons. The fraction of sp³-hybridized carbons (Fsp3) is 0.389. The molecule has 1 aliphatic carbocycles. The Labute approximate surface area is 254 Å². The van der Waals surface area contributed by atoms with Crippen LogP contribution in [0.4, 0.5) is 4.79 Å². The monoisotopic (exact) mass is 583 g/mol. The summed E-state index contributed by atoms with van der Waals surface area (Å²) in [6.07, 6.45) is 3.92. The number of likely N-dealkylation sites (tertiary alicyclic amines) is 1. The number of rotatable bonds is 12. The Hall–Kier alpha value is -4.10. The fourth-order valence-electron chi connectivity index (χ4n) is 6.27. The smallest absolute Gasteiger partial charge is 0.496 e. The van der Waals surface area contributed by atoms with Crippen LogP contribution in [-0.2, 0) is 19.0 Å². The van der Waals surface area contributed by atoms with E-state index in [4.69, 9.17) is 18.9 Å². The predicted octanol–water partition coefficient (Wildman–Crippen LogP) is 7.81. The number of hydrogen-bond donors (Lipinski definition) is 0. The first-order chi connectivity index (χ1) is 21.0. The Balaban J connectivity index is 1.41. The van der Waals surface area contributed by atoms with E-state index in [2.05, 4.69) is 36.1 Å². The van der Waals surface area contributed by atoms with E-state index in [9.17, 15) is 9.59 Å². The lowest BCUT2D eigenvalue weighted by atomic mass is 9.95. The maximum atomic E-state index is 13.8. The van der Waals surface area contributed by atoms with Gasteiger partial charge in [-0.3, -0.25) is 4.90 Å². The Bertz CT molecular complexity index is 1410. The molecule has 1 heterocycles. The zero-order valence-corrected chi connectivity index (χ0v) is 25.3. The van der Waals surface area contributed by atoms with Crippen molar-refractivity contribution in [1.29, 1.82) is 0 Å².